The van der Waals surface area contributed by atoms with Gasteiger partial charge in [-0.05, 0) is 43.2 Å². The van der Waals surface area contributed by atoms with Crippen molar-refractivity contribution in [3.63, 3.8) is 0 Å². The van der Waals surface area contributed by atoms with Crippen LogP contribution in [-0.4, -0.2) is 10.8 Å². The summed E-state index contributed by atoms with van der Waals surface area (Å²) in [5.74, 6) is -0.0180. The molecule has 0 unspecified atom stereocenters. The standard InChI is InChI=1S/C17H15BrN2O/c1-9-3-4-12-14(8-20-16(12)5-9)17(21)13-6-11(18)7-15(19)10(13)2/h3-8,20H,19H2,1-2H3. The minimum absolute atomic E-state index is 0.0180. The third kappa shape index (κ3) is 2.36. The summed E-state index contributed by atoms with van der Waals surface area (Å²) in [5.41, 5.74) is 10.8. The topological polar surface area (TPSA) is 58.9 Å². The zero-order valence-corrected chi connectivity index (χ0v) is 13.4. The van der Waals surface area contributed by atoms with Crippen LogP contribution in [0.5, 0.6) is 0 Å². The summed E-state index contributed by atoms with van der Waals surface area (Å²) in [6.07, 6.45) is 1.77. The molecule has 0 amide bonds. The lowest BCUT2D eigenvalue weighted by Crippen LogP contribution is -2.05. The maximum absolute atomic E-state index is 12.8. The molecule has 0 saturated heterocycles. The highest BCUT2D eigenvalue weighted by Gasteiger charge is 2.17. The normalized spacial score (nSPS) is 11.0. The second-order valence-electron chi connectivity index (χ2n) is 5.25. The molecule has 0 saturated carbocycles. The van der Waals surface area contributed by atoms with Gasteiger partial charge in [0.15, 0.2) is 5.78 Å². The van der Waals surface area contributed by atoms with Crippen LogP contribution in [0.4, 0.5) is 5.69 Å². The molecule has 21 heavy (non-hydrogen) atoms. The van der Waals surface area contributed by atoms with Gasteiger partial charge in [-0.2, -0.15) is 0 Å². The summed E-state index contributed by atoms with van der Waals surface area (Å²) in [7, 11) is 0. The van der Waals surface area contributed by atoms with E-state index in [0.717, 1.165) is 26.5 Å². The molecule has 106 valence electrons. The highest BCUT2D eigenvalue weighted by atomic mass is 79.9. The Balaban J connectivity index is 2.17. The van der Waals surface area contributed by atoms with Crippen molar-refractivity contribution in [1.29, 1.82) is 0 Å². The Morgan fingerprint density at radius 2 is 1.90 bits per heavy atom. The Morgan fingerprint density at radius 1 is 1.14 bits per heavy atom. The number of nitrogen functional groups attached to an aromatic ring is 1. The van der Waals surface area contributed by atoms with Crippen molar-refractivity contribution >= 4 is 38.3 Å². The van der Waals surface area contributed by atoms with E-state index in [1.165, 1.54) is 0 Å². The molecule has 0 aliphatic heterocycles. The van der Waals surface area contributed by atoms with Crippen molar-refractivity contribution < 1.29 is 4.79 Å². The molecule has 0 aliphatic rings. The third-order valence-electron chi connectivity index (χ3n) is 3.74. The number of aromatic amines is 1. The molecule has 3 nitrogen and oxygen atoms in total. The Hall–Kier alpha value is -2.07. The maximum Gasteiger partial charge on any atom is 0.195 e. The van der Waals surface area contributed by atoms with Crippen LogP contribution in [0, 0.1) is 13.8 Å². The summed E-state index contributed by atoms with van der Waals surface area (Å²) >= 11 is 3.40. The first-order valence-corrected chi connectivity index (χ1v) is 7.44. The van der Waals surface area contributed by atoms with E-state index >= 15 is 0 Å². The van der Waals surface area contributed by atoms with E-state index in [-0.39, 0.29) is 5.78 Å². The summed E-state index contributed by atoms with van der Waals surface area (Å²) in [6, 6.07) is 9.65. The van der Waals surface area contributed by atoms with Crippen LogP contribution in [0.25, 0.3) is 10.9 Å². The Labute approximate surface area is 131 Å². The highest BCUT2D eigenvalue weighted by Crippen LogP contribution is 2.28. The van der Waals surface area contributed by atoms with Crippen molar-refractivity contribution in [2.75, 3.05) is 5.73 Å². The lowest BCUT2D eigenvalue weighted by molar-refractivity contribution is 0.103. The van der Waals surface area contributed by atoms with Crippen molar-refractivity contribution in [1.82, 2.24) is 4.98 Å². The quantitative estimate of drug-likeness (QED) is 0.536. The fourth-order valence-corrected chi connectivity index (χ4v) is 2.98. The Kier molecular flexibility index (Phi) is 3.33. The molecule has 3 aromatic rings. The number of nitrogens with two attached hydrogens (primary N) is 1. The van der Waals surface area contributed by atoms with E-state index in [9.17, 15) is 4.79 Å². The second kappa shape index (κ2) is 5.04. The first kappa shape index (κ1) is 13.9. The minimum Gasteiger partial charge on any atom is -0.398 e. The lowest BCUT2D eigenvalue weighted by Gasteiger charge is -2.08. The molecule has 0 spiro atoms. The largest absolute Gasteiger partial charge is 0.398 e. The number of aryl methyl sites for hydroxylation is 1. The van der Waals surface area contributed by atoms with Gasteiger partial charge in [-0.25, -0.2) is 0 Å². The molecule has 3 N–H and O–H groups in total. The van der Waals surface area contributed by atoms with Gasteiger partial charge >= 0.3 is 0 Å². The fourth-order valence-electron chi connectivity index (χ4n) is 2.51. The van der Waals surface area contributed by atoms with Gasteiger partial charge < -0.3 is 10.7 Å². The van der Waals surface area contributed by atoms with Crippen LogP contribution >= 0.6 is 15.9 Å². The Bertz CT molecular complexity index is 865. The zero-order chi connectivity index (χ0) is 15.1. The van der Waals surface area contributed by atoms with Crippen molar-refractivity contribution in [2.45, 2.75) is 13.8 Å². The fraction of sp³-hybridized carbons (Fsp3) is 0.118. The number of benzene rings is 2. The van der Waals surface area contributed by atoms with Crippen LogP contribution in [-0.2, 0) is 0 Å². The van der Waals surface area contributed by atoms with Gasteiger partial charge in [-0.1, -0.05) is 28.1 Å². The second-order valence-corrected chi connectivity index (χ2v) is 6.16. The maximum atomic E-state index is 12.8. The number of hydrogen-bond donors (Lipinski definition) is 2. The van der Waals surface area contributed by atoms with E-state index < -0.39 is 0 Å². The number of rotatable bonds is 2. The smallest absolute Gasteiger partial charge is 0.195 e. The van der Waals surface area contributed by atoms with Crippen molar-refractivity contribution in [2.24, 2.45) is 0 Å². The highest BCUT2D eigenvalue weighted by molar-refractivity contribution is 9.10. The summed E-state index contributed by atoms with van der Waals surface area (Å²) < 4.78 is 0.810. The molecule has 0 bridgehead atoms. The molecule has 0 fully saturated rings. The monoisotopic (exact) mass is 342 g/mol. The van der Waals surface area contributed by atoms with E-state index in [2.05, 4.69) is 20.9 Å². The van der Waals surface area contributed by atoms with Crippen molar-refractivity contribution in [3.05, 3.63) is 63.3 Å². The van der Waals surface area contributed by atoms with Gasteiger partial charge in [0.1, 0.15) is 0 Å². The molecule has 3 rings (SSSR count). The first-order chi connectivity index (χ1) is 9.97. The summed E-state index contributed by atoms with van der Waals surface area (Å²) in [5, 5.41) is 0.934. The zero-order valence-electron chi connectivity index (χ0n) is 11.8. The van der Waals surface area contributed by atoms with Crippen molar-refractivity contribution in [3.8, 4) is 0 Å². The number of anilines is 1. The molecule has 2 aromatic carbocycles. The van der Waals surface area contributed by atoms with Gasteiger partial charge in [-0.15, -0.1) is 0 Å². The molecule has 1 aromatic heterocycles. The van der Waals surface area contributed by atoms with E-state index in [1.807, 2.05) is 44.2 Å². The van der Waals surface area contributed by atoms with E-state index in [0.29, 0.717) is 16.8 Å². The van der Waals surface area contributed by atoms with Crippen LogP contribution in [0.1, 0.15) is 27.0 Å². The number of hydrogen-bond acceptors (Lipinski definition) is 2. The average Bonchev–Trinajstić information content (AvgIpc) is 2.84. The molecular formula is C17H15BrN2O. The number of halogens is 1. The van der Waals surface area contributed by atoms with Gasteiger partial charge in [0, 0.05) is 38.4 Å². The average molecular weight is 343 g/mol. The van der Waals surface area contributed by atoms with Crippen LogP contribution in [0.3, 0.4) is 0 Å². The van der Waals surface area contributed by atoms with Crippen LogP contribution in [0.15, 0.2) is 41.0 Å². The van der Waals surface area contributed by atoms with Gasteiger partial charge in [0.25, 0.3) is 0 Å². The molecule has 1 heterocycles. The first-order valence-electron chi connectivity index (χ1n) is 6.65. The number of aromatic nitrogens is 1. The van der Waals surface area contributed by atoms with Gasteiger partial charge in [0.2, 0.25) is 0 Å². The van der Waals surface area contributed by atoms with Crippen LogP contribution in [0.2, 0.25) is 0 Å². The summed E-state index contributed by atoms with van der Waals surface area (Å²) in [6.45, 7) is 3.90. The number of carbonyl (C=O) groups is 1. The van der Waals surface area contributed by atoms with E-state index in [4.69, 9.17) is 5.73 Å². The predicted octanol–water partition coefficient (Wildman–Crippen LogP) is 4.36. The lowest BCUT2D eigenvalue weighted by atomic mass is 9.97. The molecule has 0 radical (unpaired) electrons. The van der Waals surface area contributed by atoms with Crippen LogP contribution < -0.4 is 5.73 Å². The van der Waals surface area contributed by atoms with Gasteiger partial charge in [0.05, 0.1) is 0 Å². The molecule has 4 heteroatoms. The van der Waals surface area contributed by atoms with E-state index in [1.54, 1.807) is 6.20 Å². The number of ketones is 1. The number of fused-ring (bicyclic) bond motifs is 1. The number of nitrogens with one attached hydrogen (secondary N) is 1. The predicted molar refractivity (Wildman–Crippen MR) is 89.8 cm³/mol. The SMILES string of the molecule is Cc1ccc2c(C(=O)c3cc(Br)cc(N)c3C)c[nH]c2c1. The minimum atomic E-state index is -0.0180. The molecule has 0 atom stereocenters. The molecule has 0 aliphatic carbocycles. The summed E-state index contributed by atoms with van der Waals surface area (Å²) in [4.78, 5) is 16.0. The molecular weight excluding hydrogens is 328 g/mol. The number of H-pyrrole nitrogens is 1. The van der Waals surface area contributed by atoms with Gasteiger partial charge in [-0.3, -0.25) is 4.79 Å². The number of carbonyl (C=O) groups excluding carboxylic acids is 1. The third-order valence-corrected chi connectivity index (χ3v) is 4.20. The Morgan fingerprint density at radius 3 is 2.67 bits per heavy atom.